The normalized spacial score (nSPS) is 20.3. The lowest BCUT2D eigenvalue weighted by molar-refractivity contribution is -0.134. The standard InChI is InChI=1S/C23H26FN3O/c1-17-7-3-4-8-20(17)22-15-21(18-9-11-19(24)12-10-18)25-27(22)23(28)16-26-13-5-2-6-14-26/h3-4,7-12,22H,2,5-6,13-16H2,1H3. The van der Waals surface area contributed by atoms with Crippen LogP contribution in [0.2, 0.25) is 0 Å². The Balaban J connectivity index is 1.62. The zero-order valence-corrected chi connectivity index (χ0v) is 16.3. The van der Waals surface area contributed by atoms with Crippen molar-refractivity contribution in [3.8, 4) is 0 Å². The van der Waals surface area contributed by atoms with Crippen LogP contribution < -0.4 is 0 Å². The number of piperidine rings is 1. The molecule has 1 fully saturated rings. The Bertz CT molecular complexity index is 872. The van der Waals surface area contributed by atoms with E-state index in [0.717, 1.165) is 48.3 Å². The summed E-state index contributed by atoms with van der Waals surface area (Å²) in [6.07, 6.45) is 4.19. The van der Waals surface area contributed by atoms with E-state index in [-0.39, 0.29) is 17.8 Å². The van der Waals surface area contributed by atoms with E-state index in [1.54, 1.807) is 17.1 Å². The number of hydrogen-bond donors (Lipinski definition) is 0. The van der Waals surface area contributed by atoms with Crippen LogP contribution in [-0.2, 0) is 4.79 Å². The molecule has 1 atom stereocenters. The second-order valence-corrected chi connectivity index (χ2v) is 7.71. The van der Waals surface area contributed by atoms with Gasteiger partial charge in [-0.2, -0.15) is 5.10 Å². The molecule has 0 spiro atoms. The molecule has 0 radical (unpaired) electrons. The molecular formula is C23H26FN3O. The first-order valence-electron chi connectivity index (χ1n) is 10.0. The van der Waals surface area contributed by atoms with Crippen molar-refractivity contribution < 1.29 is 9.18 Å². The molecule has 1 unspecified atom stereocenters. The van der Waals surface area contributed by atoms with Gasteiger partial charge in [0.25, 0.3) is 5.91 Å². The van der Waals surface area contributed by atoms with Crippen LogP contribution in [0.15, 0.2) is 53.6 Å². The first-order chi connectivity index (χ1) is 13.6. The number of hydrogen-bond acceptors (Lipinski definition) is 3. The number of carbonyl (C=O) groups is 1. The molecule has 1 saturated heterocycles. The third kappa shape index (κ3) is 3.99. The van der Waals surface area contributed by atoms with Crippen molar-refractivity contribution in [1.82, 2.24) is 9.91 Å². The Morgan fingerprint density at radius 1 is 1.07 bits per heavy atom. The quantitative estimate of drug-likeness (QED) is 0.794. The van der Waals surface area contributed by atoms with Gasteiger partial charge in [0, 0.05) is 6.42 Å². The van der Waals surface area contributed by atoms with Gasteiger partial charge in [0.15, 0.2) is 0 Å². The number of hydrazone groups is 1. The largest absolute Gasteiger partial charge is 0.294 e. The van der Waals surface area contributed by atoms with E-state index in [9.17, 15) is 9.18 Å². The maximum atomic E-state index is 13.3. The number of likely N-dealkylation sites (tertiary alicyclic amines) is 1. The highest BCUT2D eigenvalue weighted by Crippen LogP contribution is 2.34. The van der Waals surface area contributed by atoms with Crippen molar-refractivity contribution in [3.05, 3.63) is 71.0 Å². The topological polar surface area (TPSA) is 35.9 Å². The molecule has 2 aromatic carbocycles. The number of carbonyl (C=O) groups excluding carboxylic acids is 1. The second-order valence-electron chi connectivity index (χ2n) is 7.71. The van der Waals surface area contributed by atoms with Gasteiger partial charge < -0.3 is 0 Å². The molecule has 2 heterocycles. The van der Waals surface area contributed by atoms with E-state index in [1.165, 1.54) is 18.6 Å². The molecule has 0 aromatic heterocycles. The van der Waals surface area contributed by atoms with Crippen molar-refractivity contribution in [2.45, 2.75) is 38.6 Å². The van der Waals surface area contributed by atoms with Crippen LogP contribution >= 0.6 is 0 Å². The summed E-state index contributed by atoms with van der Waals surface area (Å²) in [7, 11) is 0. The highest BCUT2D eigenvalue weighted by molar-refractivity contribution is 6.03. The Morgan fingerprint density at radius 3 is 2.50 bits per heavy atom. The summed E-state index contributed by atoms with van der Waals surface area (Å²) in [5.74, 6) is -0.233. The Hall–Kier alpha value is -2.53. The SMILES string of the molecule is Cc1ccccc1C1CC(c2ccc(F)cc2)=NN1C(=O)CN1CCCCC1. The molecule has 2 aliphatic rings. The fourth-order valence-electron chi connectivity index (χ4n) is 4.14. The number of nitrogens with zero attached hydrogens (tertiary/aromatic N) is 3. The lowest BCUT2D eigenvalue weighted by Gasteiger charge is -2.29. The van der Waals surface area contributed by atoms with Crippen molar-refractivity contribution in [2.24, 2.45) is 5.10 Å². The molecule has 0 aliphatic carbocycles. The van der Waals surface area contributed by atoms with Gasteiger partial charge in [-0.25, -0.2) is 9.40 Å². The molecule has 0 saturated carbocycles. The van der Waals surface area contributed by atoms with Crippen LogP contribution in [0.3, 0.4) is 0 Å². The molecule has 1 amide bonds. The maximum absolute atomic E-state index is 13.3. The van der Waals surface area contributed by atoms with Gasteiger partial charge in [0.05, 0.1) is 18.3 Å². The Morgan fingerprint density at radius 2 is 1.79 bits per heavy atom. The van der Waals surface area contributed by atoms with E-state index in [2.05, 4.69) is 24.0 Å². The number of halogens is 1. The number of amides is 1. The Kier molecular flexibility index (Phi) is 5.53. The van der Waals surface area contributed by atoms with Gasteiger partial charge in [-0.3, -0.25) is 9.69 Å². The lowest BCUT2D eigenvalue weighted by atomic mass is 9.95. The van der Waals surface area contributed by atoms with Gasteiger partial charge in [0.2, 0.25) is 0 Å². The molecule has 4 nitrogen and oxygen atoms in total. The summed E-state index contributed by atoms with van der Waals surface area (Å²) < 4.78 is 13.3. The summed E-state index contributed by atoms with van der Waals surface area (Å²) in [5.41, 5.74) is 3.97. The number of aryl methyl sites for hydroxylation is 1. The van der Waals surface area contributed by atoms with Crippen LogP contribution in [0, 0.1) is 12.7 Å². The Labute approximate surface area is 165 Å². The zero-order valence-electron chi connectivity index (χ0n) is 16.3. The summed E-state index contributed by atoms with van der Waals surface area (Å²) >= 11 is 0. The smallest absolute Gasteiger partial charge is 0.257 e. The van der Waals surface area contributed by atoms with Gasteiger partial charge >= 0.3 is 0 Å². The van der Waals surface area contributed by atoms with Crippen LogP contribution in [0.5, 0.6) is 0 Å². The summed E-state index contributed by atoms with van der Waals surface area (Å²) in [6, 6.07) is 14.4. The molecule has 146 valence electrons. The number of rotatable bonds is 4. The fourth-order valence-corrected chi connectivity index (χ4v) is 4.14. The average Bonchev–Trinajstić information content (AvgIpc) is 3.15. The highest BCUT2D eigenvalue weighted by Gasteiger charge is 2.34. The zero-order chi connectivity index (χ0) is 19.5. The number of benzene rings is 2. The molecule has 2 aliphatic heterocycles. The average molecular weight is 379 g/mol. The summed E-state index contributed by atoms with van der Waals surface area (Å²) in [6.45, 7) is 4.42. The fraction of sp³-hybridized carbons (Fsp3) is 0.391. The monoisotopic (exact) mass is 379 g/mol. The van der Waals surface area contributed by atoms with E-state index in [1.807, 2.05) is 12.1 Å². The lowest BCUT2D eigenvalue weighted by Crippen LogP contribution is -2.40. The highest BCUT2D eigenvalue weighted by atomic mass is 19.1. The molecule has 0 bridgehead atoms. The molecular weight excluding hydrogens is 353 g/mol. The maximum Gasteiger partial charge on any atom is 0.257 e. The first-order valence-corrected chi connectivity index (χ1v) is 10.0. The first kappa shape index (κ1) is 18.8. The van der Waals surface area contributed by atoms with Crippen molar-refractivity contribution in [2.75, 3.05) is 19.6 Å². The van der Waals surface area contributed by atoms with Crippen molar-refractivity contribution in [1.29, 1.82) is 0 Å². The van der Waals surface area contributed by atoms with Crippen LogP contribution in [0.1, 0.15) is 48.4 Å². The molecule has 28 heavy (non-hydrogen) atoms. The third-order valence-electron chi connectivity index (χ3n) is 5.70. The molecule has 0 N–H and O–H groups in total. The molecule has 2 aromatic rings. The molecule has 5 heteroatoms. The third-order valence-corrected chi connectivity index (χ3v) is 5.70. The van der Waals surface area contributed by atoms with E-state index in [4.69, 9.17) is 5.10 Å². The van der Waals surface area contributed by atoms with Gasteiger partial charge in [-0.1, -0.05) is 42.8 Å². The van der Waals surface area contributed by atoms with Crippen LogP contribution in [0.25, 0.3) is 0 Å². The predicted molar refractivity (Wildman–Crippen MR) is 109 cm³/mol. The predicted octanol–water partition coefficient (Wildman–Crippen LogP) is 4.30. The van der Waals surface area contributed by atoms with Crippen LogP contribution in [-0.4, -0.2) is 41.2 Å². The summed E-state index contributed by atoms with van der Waals surface area (Å²) in [4.78, 5) is 15.4. The minimum Gasteiger partial charge on any atom is -0.294 e. The van der Waals surface area contributed by atoms with E-state index >= 15 is 0 Å². The van der Waals surface area contributed by atoms with Gasteiger partial charge in [-0.15, -0.1) is 0 Å². The van der Waals surface area contributed by atoms with Crippen molar-refractivity contribution >= 4 is 11.6 Å². The second kappa shape index (κ2) is 8.23. The van der Waals surface area contributed by atoms with Gasteiger partial charge in [0.1, 0.15) is 5.82 Å². The van der Waals surface area contributed by atoms with E-state index < -0.39 is 0 Å². The van der Waals surface area contributed by atoms with Crippen LogP contribution in [0.4, 0.5) is 4.39 Å². The van der Waals surface area contributed by atoms with Crippen molar-refractivity contribution in [3.63, 3.8) is 0 Å². The molecule has 4 rings (SSSR count). The minimum atomic E-state index is -0.268. The van der Waals surface area contributed by atoms with Gasteiger partial charge in [-0.05, 0) is 61.7 Å². The summed E-state index contributed by atoms with van der Waals surface area (Å²) in [5, 5.41) is 6.37. The van der Waals surface area contributed by atoms with E-state index in [0.29, 0.717) is 13.0 Å². The minimum absolute atomic E-state index is 0.0345.